The van der Waals surface area contributed by atoms with Gasteiger partial charge in [0.1, 0.15) is 0 Å². The van der Waals surface area contributed by atoms with Crippen molar-refractivity contribution < 1.29 is 4.74 Å². The predicted molar refractivity (Wildman–Crippen MR) is 59.0 cm³/mol. The molecule has 0 aromatic carbocycles. The van der Waals surface area contributed by atoms with Crippen LogP contribution in [0.2, 0.25) is 0 Å². The van der Waals surface area contributed by atoms with Crippen molar-refractivity contribution in [1.29, 1.82) is 0 Å². The van der Waals surface area contributed by atoms with Crippen molar-refractivity contribution in [3.8, 4) is 5.75 Å². The minimum atomic E-state index is 0.414. The minimum Gasteiger partial charge on any atom is -0.490 e. The van der Waals surface area contributed by atoms with Crippen LogP contribution in [0.4, 0.5) is 10.8 Å². The van der Waals surface area contributed by atoms with Crippen LogP contribution in [0.3, 0.4) is 0 Å². The monoisotopic (exact) mass is 225 g/mol. The lowest BCUT2D eigenvalue weighted by atomic mass is 10.3. The van der Waals surface area contributed by atoms with E-state index in [1.54, 1.807) is 13.3 Å². The first-order valence-electron chi connectivity index (χ1n) is 4.32. The summed E-state index contributed by atoms with van der Waals surface area (Å²) in [5.41, 5.74) is 6.68. The van der Waals surface area contributed by atoms with Crippen LogP contribution in [0.15, 0.2) is 12.4 Å². The minimum absolute atomic E-state index is 0.414. The zero-order chi connectivity index (χ0) is 10.7. The summed E-state index contributed by atoms with van der Waals surface area (Å²) in [6.07, 6.45) is 3.58. The fourth-order valence-electron chi connectivity index (χ4n) is 1.16. The first-order chi connectivity index (χ1) is 7.31. The van der Waals surface area contributed by atoms with Gasteiger partial charge in [-0.25, -0.2) is 0 Å². The fourth-order valence-corrected chi connectivity index (χ4v) is 1.84. The van der Waals surface area contributed by atoms with Gasteiger partial charge < -0.3 is 15.8 Å². The summed E-state index contributed by atoms with van der Waals surface area (Å²) in [5.74, 6) is 1.01. The van der Waals surface area contributed by atoms with E-state index < -0.39 is 0 Å². The first kappa shape index (κ1) is 9.78. The van der Waals surface area contributed by atoms with Crippen LogP contribution >= 0.6 is 11.5 Å². The highest BCUT2D eigenvalue weighted by atomic mass is 32.1. The molecule has 0 radical (unpaired) electrons. The van der Waals surface area contributed by atoms with E-state index in [0.29, 0.717) is 18.1 Å². The lowest BCUT2D eigenvalue weighted by Crippen LogP contribution is -1.98. The summed E-state index contributed by atoms with van der Waals surface area (Å²) in [6, 6.07) is 0. The number of hydrogen-bond donors (Lipinski definition) is 3. The average Bonchev–Trinajstić information content (AvgIpc) is 2.84. The molecule has 0 aliphatic rings. The van der Waals surface area contributed by atoms with Gasteiger partial charge in [-0.05, 0) is 11.5 Å². The molecule has 0 saturated carbocycles. The van der Waals surface area contributed by atoms with Gasteiger partial charge in [-0.15, -0.1) is 0 Å². The van der Waals surface area contributed by atoms with E-state index in [-0.39, 0.29) is 0 Å². The third kappa shape index (κ3) is 2.01. The quantitative estimate of drug-likeness (QED) is 0.724. The van der Waals surface area contributed by atoms with Crippen molar-refractivity contribution in [2.45, 2.75) is 6.54 Å². The summed E-state index contributed by atoms with van der Waals surface area (Å²) < 4.78 is 9.12. The van der Waals surface area contributed by atoms with Crippen molar-refractivity contribution in [3.63, 3.8) is 0 Å². The Hall–Kier alpha value is -1.76. The Kier molecular flexibility index (Phi) is 2.72. The number of H-pyrrole nitrogens is 1. The van der Waals surface area contributed by atoms with Crippen molar-refractivity contribution in [2.75, 3.05) is 18.2 Å². The fraction of sp³-hybridized carbons (Fsp3) is 0.250. The van der Waals surface area contributed by atoms with E-state index in [0.717, 1.165) is 10.6 Å². The molecule has 6 nitrogen and oxygen atoms in total. The summed E-state index contributed by atoms with van der Waals surface area (Å²) >= 11 is 1.28. The predicted octanol–water partition coefficient (Wildman–Crippen LogP) is 1.07. The smallest absolute Gasteiger partial charge is 0.197 e. The molecule has 2 rings (SSSR count). The molecule has 0 bridgehead atoms. The van der Waals surface area contributed by atoms with E-state index in [9.17, 15) is 0 Å². The molecule has 0 spiro atoms. The number of methoxy groups -OCH3 is 1. The Morgan fingerprint density at radius 2 is 2.53 bits per heavy atom. The maximum absolute atomic E-state index is 5.62. The highest BCUT2D eigenvalue weighted by molar-refractivity contribution is 7.11. The van der Waals surface area contributed by atoms with Gasteiger partial charge in [-0.3, -0.25) is 5.10 Å². The number of nitrogen functional groups attached to an aromatic ring is 1. The van der Waals surface area contributed by atoms with Crippen LogP contribution in [0.5, 0.6) is 5.75 Å². The number of nitrogens with zero attached hydrogens (tertiary/aromatic N) is 2. The van der Waals surface area contributed by atoms with Crippen molar-refractivity contribution in [1.82, 2.24) is 14.6 Å². The van der Waals surface area contributed by atoms with Gasteiger partial charge in [0.2, 0.25) is 0 Å². The van der Waals surface area contributed by atoms with Gasteiger partial charge in [0.15, 0.2) is 16.6 Å². The normalized spacial score (nSPS) is 10.2. The van der Waals surface area contributed by atoms with Crippen LogP contribution in [0, 0.1) is 0 Å². The summed E-state index contributed by atoms with van der Waals surface area (Å²) in [4.78, 5) is 0. The second kappa shape index (κ2) is 4.18. The van der Waals surface area contributed by atoms with Gasteiger partial charge in [0.25, 0.3) is 0 Å². The van der Waals surface area contributed by atoms with E-state index in [1.165, 1.54) is 11.5 Å². The molecular formula is C8H11N5OS. The Bertz CT molecular complexity index is 424. The van der Waals surface area contributed by atoms with E-state index in [4.69, 9.17) is 10.5 Å². The van der Waals surface area contributed by atoms with Gasteiger partial charge in [0, 0.05) is 18.3 Å². The van der Waals surface area contributed by atoms with Crippen molar-refractivity contribution >= 4 is 22.4 Å². The highest BCUT2D eigenvalue weighted by Crippen LogP contribution is 2.34. The number of ether oxygens (including phenoxy) is 1. The number of rotatable bonds is 4. The van der Waals surface area contributed by atoms with Crippen LogP contribution in [-0.4, -0.2) is 21.7 Å². The third-order valence-corrected chi connectivity index (χ3v) is 2.69. The van der Waals surface area contributed by atoms with Crippen molar-refractivity contribution in [2.24, 2.45) is 0 Å². The Balaban J connectivity index is 2.05. The first-order valence-corrected chi connectivity index (χ1v) is 5.09. The molecule has 0 saturated heterocycles. The van der Waals surface area contributed by atoms with Crippen LogP contribution in [0.25, 0.3) is 0 Å². The highest BCUT2D eigenvalue weighted by Gasteiger charge is 2.11. The maximum atomic E-state index is 5.62. The number of aromatic amines is 1. The molecule has 0 atom stereocenters. The van der Waals surface area contributed by atoms with Gasteiger partial charge in [0.05, 0.1) is 13.3 Å². The number of nitrogens with two attached hydrogens (primary N) is 1. The van der Waals surface area contributed by atoms with E-state index in [1.807, 2.05) is 6.20 Å². The number of aromatic nitrogens is 3. The molecule has 2 heterocycles. The molecule has 0 fully saturated rings. The van der Waals surface area contributed by atoms with Crippen LogP contribution in [-0.2, 0) is 6.54 Å². The average molecular weight is 225 g/mol. The lowest BCUT2D eigenvalue weighted by molar-refractivity contribution is 0.419. The Morgan fingerprint density at radius 1 is 1.67 bits per heavy atom. The zero-order valence-electron chi connectivity index (χ0n) is 8.15. The van der Waals surface area contributed by atoms with E-state index in [2.05, 4.69) is 19.9 Å². The molecule has 4 N–H and O–H groups in total. The molecule has 0 amide bonds. The number of anilines is 2. The molecule has 80 valence electrons. The van der Waals surface area contributed by atoms with Crippen molar-refractivity contribution in [3.05, 3.63) is 18.0 Å². The maximum Gasteiger partial charge on any atom is 0.197 e. The Morgan fingerprint density at radius 3 is 3.20 bits per heavy atom. The lowest BCUT2D eigenvalue weighted by Gasteiger charge is -2.03. The topological polar surface area (TPSA) is 88.8 Å². The van der Waals surface area contributed by atoms with Crippen LogP contribution < -0.4 is 15.8 Å². The SMILES string of the molecule is COc1c(N)nsc1NCc1cn[nH]c1. The number of hydrogen-bond acceptors (Lipinski definition) is 6. The molecule has 0 unspecified atom stereocenters. The van der Waals surface area contributed by atoms with Gasteiger partial charge >= 0.3 is 0 Å². The van der Waals surface area contributed by atoms with Gasteiger partial charge in [-0.2, -0.15) is 9.47 Å². The largest absolute Gasteiger partial charge is 0.490 e. The van der Waals surface area contributed by atoms with Gasteiger partial charge in [-0.1, -0.05) is 0 Å². The second-order valence-electron chi connectivity index (χ2n) is 2.89. The Labute approximate surface area is 90.6 Å². The molecule has 0 aliphatic carbocycles. The molecule has 7 heteroatoms. The summed E-state index contributed by atoms with van der Waals surface area (Å²) in [5, 5.41) is 10.6. The zero-order valence-corrected chi connectivity index (χ0v) is 8.97. The standard InChI is InChI=1S/C8H11N5OS/c1-14-6-7(9)13-15-8(6)10-2-5-3-11-12-4-5/h3-4,10H,2H2,1H3,(H2,9,13)(H,11,12). The van der Waals surface area contributed by atoms with Crippen LogP contribution in [0.1, 0.15) is 5.56 Å². The second-order valence-corrected chi connectivity index (χ2v) is 3.66. The molecule has 2 aromatic heterocycles. The summed E-state index contributed by atoms with van der Waals surface area (Å²) in [6.45, 7) is 0.661. The number of nitrogens with one attached hydrogen (secondary N) is 2. The summed E-state index contributed by atoms with van der Waals surface area (Å²) in [7, 11) is 1.57. The third-order valence-electron chi connectivity index (χ3n) is 1.89. The molecule has 15 heavy (non-hydrogen) atoms. The molecule has 2 aromatic rings. The molecular weight excluding hydrogens is 214 g/mol. The molecule has 0 aliphatic heterocycles. The van der Waals surface area contributed by atoms with E-state index >= 15 is 0 Å².